The van der Waals surface area contributed by atoms with Crippen molar-refractivity contribution in [3.63, 3.8) is 0 Å². The van der Waals surface area contributed by atoms with Gasteiger partial charge < -0.3 is 9.26 Å². The van der Waals surface area contributed by atoms with Crippen molar-refractivity contribution < 1.29 is 9.26 Å². The number of hydrogen-bond donors (Lipinski definition) is 0. The minimum Gasteiger partial charge on any atom is -0.484 e. The summed E-state index contributed by atoms with van der Waals surface area (Å²) in [6.45, 7) is 0.300. The van der Waals surface area contributed by atoms with Crippen molar-refractivity contribution in [2.24, 2.45) is 0 Å². The van der Waals surface area contributed by atoms with Crippen molar-refractivity contribution in [1.82, 2.24) is 10.1 Å². The Morgan fingerprint density at radius 2 is 2.11 bits per heavy atom. The van der Waals surface area contributed by atoms with Crippen LogP contribution in [0.25, 0.3) is 10.8 Å². The molecule has 0 amide bonds. The molecule has 0 N–H and O–H groups in total. The van der Waals surface area contributed by atoms with Gasteiger partial charge in [0.25, 0.3) is 5.89 Å². The van der Waals surface area contributed by atoms with E-state index in [0.717, 1.165) is 14.2 Å². The predicted octanol–water partition coefficient (Wildman–Crippen LogP) is 3.98. The summed E-state index contributed by atoms with van der Waals surface area (Å²) in [5, 5.41) is 5.88. The summed E-state index contributed by atoms with van der Waals surface area (Å²) in [5.41, 5.74) is 0. The van der Waals surface area contributed by atoms with Gasteiger partial charge in [0, 0.05) is 0 Å². The van der Waals surface area contributed by atoms with Crippen LogP contribution in [-0.2, 0) is 6.61 Å². The number of thiophene rings is 1. The molecule has 19 heavy (non-hydrogen) atoms. The molecule has 0 fully saturated rings. The first-order chi connectivity index (χ1) is 9.33. The van der Waals surface area contributed by atoms with Crippen molar-refractivity contribution in [3.8, 4) is 16.5 Å². The first kappa shape index (κ1) is 12.6. The molecule has 3 rings (SSSR count). The van der Waals surface area contributed by atoms with E-state index in [1.807, 2.05) is 41.8 Å². The van der Waals surface area contributed by atoms with Gasteiger partial charge in [0.1, 0.15) is 5.75 Å². The van der Waals surface area contributed by atoms with Gasteiger partial charge in [0.15, 0.2) is 6.61 Å². The van der Waals surface area contributed by atoms with Crippen LogP contribution < -0.4 is 4.74 Å². The molecule has 1 aromatic carbocycles. The Kier molecular flexibility index (Phi) is 3.79. The van der Waals surface area contributed by atoms with Crippen LogP contribution in [0.15, 0.2) is 46.3 Å². The van der Waals surface area contributed by atoms with Crippen molar-refractivity contribution in [2.45, 2.75) is 6.61 Å². The number of benzene rings is 1. The summed E-state index contributed by atoms with van der Waals surface area (Å²) in [6.07, 6.45) is 0. The van der Waals surface area contributed by atoms with Crippen LogP contribution in [0.2, 0.25) is 0 Å². The van der Waals surface area contributed by atoms with Gasteiger partial charge in [0.2, 0.25) is 5.82 Å². The van der Waals surface area contributed by atoms with E-state index in [2.05, 4.69) is 32.7 Å². The molecule has 0 unspecified atom stereocenters. The molecule has 6 heteroatoms. The Morgan fingerprint density at radius 1 is 1.21 bits per heavy atom. The SMILES string of the molecule is Ic1ccccc1OCc1noc(-c2cccs2)n1. The second-order valence-corrected chi connectivity index (χ2v) is 5.82. The van der Waals surface area contributed by atoms with Gasteiger partial charge in [-0.1, -0.05) is 23.4 Å². The summed E-state index contributed by atoms with van der Waals surface area (Å²) in [6, 6.07) is 11.7. The first-order valence-electron chi connectivity index (χ1n) is 5.57. The Balaban J connectivity index is 1.70. The lowest BCUT2D eigenvalue weighted by Gasteiger charge is -2.04. The summed E-state index contributed by atoms with van der Waals surface area (Å²) in [5.74, 6) is 1.91. The molecule has 0 aliphatic rings. The van der Waals surface area contributed by atoms with Gasteiger partial charge in [-0.05, 0) is 46.2 Å². The lowest BCUT2D eigenvalue weighted by Crippen LogP contribution is -1.98. The molecule has 2 aromatic heterocycles. The van der Waals surface area contributed by atoms with Crippen LogP contribution in [0.4, 0.5) is 0 Å². The highest BCUT2D eigenvalue weighted by Crippen LogP contribution is 2.23. The van der Waals surface area contributed by atoms with Crippen molar-refractivity contribution in [2.75, 3.05) is 0 Å². The van der Waals surface area contributed by atoms with Crippen LogP contribution in [0.3, 0.4) is 0 Å². The number of para-hydroxylation sites is 1. The highest BCUT2D eigenvalue weighted by atomic mass is 127. The van der Waals surface area contributed by atoms with E-state index in [1.165, 1.54) is 0 Å². The van der Waals surface area contributed by atoms with Crippen LogP contribution in [-0.4, -0.2) is 10.1 Å². The van der Waals surface area contributed by atoms with Crippen LogP contribution in [0, 0.1) is 3.57 Å². The third kappa shape index (κ3) is 2.95. The second kappa shape index (κ2) is 5.70. The van der Waals surface area contributed by atoms with Gasteiger partial charge in [-0.2, -0.15) is 4.98 Å². The lowest BCUT2D eigenvalue weighted by molar-refractivity contribution is 0.285. The molecule has 2 heterocycles. The maximum atomic E-state index is 5.66. The number of halogens is 1. The molecule has 0 saturated carbocycles. The highest BCUT2D eigenvalue weighted by Gasteiger charge is 2.10. The predicted molar refractivity (Wildman–Crippen MR) is 81.1 cm³/mol. The van der Waals surface area contributed by atoms with E-state index in [-0.39, 0.29) is 0 Å². The van der Waals surface area contributed by atoms with Crippen molar-refractivity contribution >= 4 is 33.9 Å². The van der Waals surface area contributed by atoms with E-state index in [4.69, 9.17) is 9.26 Å². The van der Waals surface area contributed by atoms with E-state index in [0.29, 0.717) is 18.3 Å². The zero-order chi connectivity index (χ0) is 13.1. The summed E-state index contributed by atoms with van der Waals surface area (Å²) < 4.78 is 11.9. The maximum absolute atomic E-state index is 5.66. The smallest absolute Gasteiger partial charge is 0.268 e. The second-order valence-electron chi connectivity index (χ2n) is 3.71. The van der Waals surface area contributed by atoms with E-state index >= 15 is 0 Å². The molecule has 0 aliphatic carbocycles. The van der Waals surface area contributed by atoms with Crippen molar-refractivity contribution in [3.05, 3.63) is 51.2 Å². The molecular formula is C13H9IN2O2S. The first-order valence-corrected chi connectivity index (χ1v) is 7.52. The highest BCUT2D eigenvalue weighted by molar-refractivity contribution is 14.1. The van der Waals surface area contributed by atoms with E-state index in [9.17, 15) is 0 Å². The molecule has 4 nitrogen and oxygen atoms in total. The molecule has 3 aromatic rings. The fraction of sp³-hybridized carbons (Fsp3) is 0.0769. The van der Waals surface area contributed by atoms with Gasteiger partial charge in [0.05, 0.1) is 8.45 Å². The van der Waals surface area contributed by atoms with Crippen molar-refractivity contribution in [1.29, 1.82) is 0 Å². The molecule has 0 aliphatic heterocycles. The van der Waals surface area contributed by atoms with Gasteiger partial charge >= 0.3 is 0 Å². The number of nitrogens with zero attached hydrogens (tertiary/aromatic N) is 2. The number of aromatic nitrogens is 2. The molecule has 0 bridgehead atoms. The number of rotatable bonds is 4. The summed E-state index contributed by atoms with van der Waals surface area (Å²) in [7, 11) is 0. The Morgan fingerprint density at radius 3 is 2.89 bits per heavy atom. The van der Waals surface area contributed by atoms with Gasteiger partial charge in [-0.3, -0.25) is 0 Å². The third-order valence-corrected chi connectivity index (χ3v) is 4.14. The average molecular weight is 384 g/mol. The van der Waals surface area contributed by atoms with Gasteiger partial charge in [-0.25, -0.2) is 0 Å². The Labute approximate surface area is 127 Å². The zero-order valence-corrected chi connectivity index (χ0v) is 12.7. The molecule has 0 saturated heterocycles. The minimum atomic E-state index is 0.300. The fourth-order valence-electron chi connectivity index (χ4n) is 1.52. The fourth-order valence-corrected chi connectivity index (χ4v) is 2.70. The maximum Gasteiger partial charge on any atom is 0.268 e. The molecule has 96 valence electrons. The zero-order valence-electron chi connectivity index (χ0n) is 9.75. The quantitative estimate of drug-likeness (QED) is 0.639. The van der Waals surface area contributed by atoms with Crippen LogP contribution in [0.5, 0.6) is 5.75 Å². The third-order valence-electron chi connectivity index (χ3n) is 2.39. The molecule has 0 spiro atoms. The number of ether oxygens (including phenoxy) is 1. The summed E-state index contributed by atoms with van der Waals surface area (Å²) >= 11 is 3.80. The lowest BCUT2D eigenvalue weighted by atomic mass is 10.3. The topological polar surface area (TPSA) is 48.2 Å². The van der Waals surface area contributed by atoms with E-state index < -0.39 is 0 Å². The minimum absolute atomic E-state index is 0.300. The molecule has 0 radical (unpaired) electrons. The van der Waals surface area contributed by atoms with Crippen LogP contribution in [0.1, 0.15) is 5.82 Å². The normalized spacial score (nSPS) is 10.6. The van der Waals surface area contributed by atoms with E-state index in [1.54, 1.807) is 11.3 Å². The molecule has 0 atom stereocenters. The van der Waals surface area contributed by atoms with Gasteiger partial charge in [-0.15, -0.1) is 11.3 Å². The summed E-state index contributed by atoms with van der Waals surface area (Å²) in [4.78, 5) is 5.27. The average Bonchev–Trinajstić information content (AvgIpc) is 3.09. The Hall–Kier alpha value is -1.41. The Bertz CT molecular complexity index is 667. The standard InChI is InChI=1S/C13H9IN2O2S/c14-9-4-1-2-5-10(9)17-8-12-15-13(18-16-12)11-6-3-7-19-11/h1-7H,8H2. The monoisotopic (exact) mass is 384 g/mol. The van der Waals surface area contributed by atoms with Crippen LogP contribution >= 0.6 is 33.9 Å². The molecular weight excluding hydrogens is 375 g/mol. The largest absolute Gasteiger partial charge is 0.484 e. The number of hydrogen-bond acceptors (Lipinski definition) is 5.